The van der Waals surface area contributed by atoms with Crippen LogP contribution in [0.1, 0.15) is 30.7 Å². The molecule has 1 aliphatic carbocycles. The fourth-order valence-corrected chi connectivity index (χ4v) is 1.72. The van der Waals surface area contributed by atoms with Crippen molar-refractivity contribution in [1.29, 1.82) is 0 Å². The lowest BCUT2D eigenvalue weighted by Crippen LogP contribution is -2.30. The average Bonchev–Trinajstić information content (AvgIpc) is 3.03. The van der Waals surface area contributed by atoms with Gasteiger partial charge < -0.3 is 5.32 Å². The molecule has 104 valence electrons. The third kappa shape index (κ3) is 2.85. The van der Waals surface area contributed by atoms with Crippen molar-refractivity contribution in [2.75, 3.05) is 0 Å². The van der Waals surface area contributed by atoms with Gasteiger partial charge in [-0.25, -0.2) is 8.78 Å². The highest BCUT2D eigenvalue weighted by molar-refractivity contribution is 5.76. The van der Waals surface area contributed by atoms with E-state index in [1.54, 1.807) is 0 Å². The van der Waals surface area contributed by atoms with Gasteiger partial charge in [-0.05, 0) is 19.8 Å². The highest BCUT2D eigenvalue weighted by Gasteiger charge is 2.31. The van der Waals surface area contributed by atoms with E-state index in [9.17, 15) is 23.7 Å². The van der Waals surface area contributed by atoms with Crippen molar-refractivity contribution >= 4 is 11.6 Å². The largest absolute Gasteiger partial charge is 0.352 e. The number of amides is 1. The Kier molecular flexibility index (Phi) is 3.45. The molecule has 1 aromatic heterocycles. The van der Waals surface area contributed by atoms with Crippen LogP contribution in [0.15, 0.2) is 0 Å². The van der Waals surface area contributed by atoms with Gasteiger partial charge in [0.1, 0.15) is 12.2 Å². The van der Waals surface area contributed by atoms with Gasteiger partial charge in [0.25, 0.3) is 6.43 Å². The van der Waals surface area contributed by atoms with Crippen LogP contribution in [-0.4, -0.2) is 26.7 Å². The van der Waals surface area contributed by atoms with Crippen LogP contribution in [0.3, 0.4) is 0 Å². The van der Waals surface area contributed by atoms with Crippen LogP contribution in [0.2, 0.25) is 0 Å². The zero-order valence-corrected chi connectivity index (χ0v) is 10.1. The second-order valence-electron chi connectivity index (χ2n) is 4.38. The number of nitrogens with one attached hydrogen (secondary N) is 1. The molecule has 0 radical (unpaired) electrons. The highest BCUT2D eigenvalue weighted by Crippen LogP contribution is 2.30. The predicted molar refractivity (Wildman–Crippen MR) is 59.7 cm³/mol. The molecule has 1 N–H and O–H groups in total. The molecule has 1 heterocycles. The fourth-order valence-electron chi connectivity index (χ4n) is 1.72. The maximum absolute atomic E-state index is 12.7. The lowest BCUT2D eigenvalue weighted by Gasteiger charge is -2.04. The van der Waals surface area contributed by atoms with Gasteiger partial charge in [-0.15, -0.1) is 0 Å². The van der Waals surface area contributed by atoms with E-state index >= 15 is 0 Å². The molecular weight excluding hydrogens is 262 g/mol. The number of nitro groups is 1. The Balaban J connectivity index is 2.22. The first kappa shape index (κ1) is 13.4. The predicted octanol–water partition coefficient (Wildman–Crippen LogP) is 1.32. The van der Waals surface area contributed by atoms with Crippen molar-refractivity contribution in [2.24, 2.45) is 0 Å². The molecule has 1 aromatic rings. The molecule has 0 aliphatic heterocycles. The van der Waals surface area contributed by atoms with Crippen LogP contribution in [0.4, 0.5) is 14.5 Å². The number of carbonyl (C=O) groups excluding carboxylic acids is 1. The van der Waals surface area contributed by atoms with Crippen molar-refractivity contribution < 1.29 is 18.5 Å². The topological polar surface area (TPSA) is 90.1 Å². The van der Waals surface area contributed by atoms with Gasteiger partial charge in [0.05, 0.1) is 4.92 Å². The number of hydrogen-bond acceptors (Lipinski definition) is 4. The molecule has 1 amide bonds. The summed E-state index contributed by atoms with van der Waals surface area (Å²) in [4.78, 5) is 21.4. The van der Waals surface area contributed by atoms with Crippen molar-refractivity contribution in [3.05, 3.63) is 21.5 Å². The lowest BCUT2D eigenvalue weighted by molar-refractivity contribution is -0.386. The number of rotatable bonds is 5. The first-order valence-corrected chi connectivity index (χ1v) is 5.69. The maximum atomic E-state index is 12.7. The summed E-state index contributed by atoms with van der Waals surface area (Å²) >= 11 is 0. The van der Waals surface area contributed by atoms with Crippen LogP contribution < -0.4 is 5.32 Å². The SMILES string of the molecule is Cc1c([N+](=O)[O-])c(C(F)F)nn1CC(=O)NC1CC1. The lowest BCUT2D eigenvalue weighted by atomic mass is 10.3. The van der Waals surface area contributed by atoms with Crippen LogP contribution in [-0.2, 0) is 11.3 Å². The van der Waals surface area contributed by atoms with Crippen LogP contribution >= 0.6 is 0 Å². The van der Waals surface area contributed by atoms with E-state index in [0.717, 1.165) is 17.5 Å². The summed E-state index contributed by atoms with van der Waals surface area (Å²) in [5.41, 5.74) is -1.68. The van der Waals surface area contributed by atoms with E-state index in [0.29, 0.717) is 0 Å². The minimum Gasteiger partial charge on any atom is -0.352 e. The van der Waals surface area contributed by atoms with Gasteiger partial charge in [0.2, 0.25) is 11.6 Å². The molecule has 1 saturated carbocycles. The van der Waals surface area contributed by atoms with Crippen molar-refractivity contribution in [3.63, 3.8) is 0 Å². The van der Waals surface area contributed by atoms with E-state index in [4.69, 9.17) is 0 Å². The van der Waals surface area contributed by atoms with Gasteiger partial charge in [-0.2, -0.15) is 5.10 Å². The third-order valence-corrected chi connectivity index (χ3v) is 2.83. The first-order chi connectivity index (χ1) is 8.90. The van der Waals surface area contributed by atoms with E-state index in [-0.39, 0.29) is 24.2 Å². The maximum Gasteiger partial charge on any atom is 0.319 e. The van der Waals surface area contributed by atoms with Gasteiger partial charge in [-0.1, -0.05) is 0 Å². The summed E-state index contributed by atoms with van der Waals surface area (Å²) in [6.07, 6.45) is -1.26. The molecule has 7 nitrogen and oxygen atoms in total. The monoisotopic (exact) mass is 274 g/mol. The highest BCUT2D eigenvalue weighted by atomic mass is 19.3. The molecule has 0 aromatic carbocycles. The average molecular weight is 274 g/mol. The molecular formula is C10H12F2N4O3. The second kappa shape index (κ2) is 4.90. The summed E-state index contributed by atoms with van der Waals surface area (Å²) in [7, 11) is 0. The van der Waals surface area contributed by atoms with Gasteiger partial charge >= 0.3 is 5.69 Å². The molecule has 19 heavy (non-hydrogen) atoms. The molecule has 0 atom stereocenters. The van der Waals surface area contributed by atoms with E-state index < -0.39 is 22.7 Å². The van der Waals surface area contributed by atoms with Gasteiger partial charge in [0.15, 0.2) is 0 Å². The van der Waals surface area contributed by atoms with E-state index in [1.165, 1.54) is 6.92 Å². The van der Waals surface area contributed by atoms with Crippen molar-refractivity contribution in [3.8, 4) is 0 Å². The van der Waals surface area contributed by atoms with Crippen molar-refractivity contribution in [2.45, 2.75) is 38.8 Å². The Bertz CT molecular complexity index is 525. The number of hydrogen-bond donors (Lipinski definition) is 1. The van der Waals surface area contributed by atoms with Crippen LogP contribution in [0, 0.1) is 17.0 Å². The molecule has 0 saturated heterocycles. The molecule has 9 heteroatoms. The minimum atomic E-state index is -3.05. The summed E-state index contributed by atoms with van der Waals surface area (Å²) in [5, 5.41) is 16.9. The Hall–Kier alpha value is -2.06. The summed E-state index contributed by atoms with van der Waals surface area (Å²) in [6, 6.07) is 0.132. The Morgan fingerprint density at radius 2 is 2.26 bits per heavy atom. The number of aromatic nitrogens is 2. The zero-order valence-electron chi connectivity index (χ0n) is 10.1. The van der Waals surface area contributed by atoms with E-state index in [2.05, 4.69) is 10.4 Å². The van der Waals surface area contributed by atoms with Crippen LogP contribution in [0.5, 0.6) is 0 Å². The number of halogens is 2. The summed E-state index contributed by atoms with van der Waals surface area (Å²) in [6.45, 7) is 0.997. The van der Waals surface area contributed by atoms with Crippen molar-refractivity contribution in [1.82, 2.24) is 15.1 Å². The normalized spacial score (nSPS) is 14.7. The van der Waals surface area contributed by atoms with Gasteiger partial charge in [-0.3, -0.25) is 19.6 Å². The molecule has 1 fully saturated rings. The Labute approximate surface area is 106 Å². The number of alkyl halides is 2. The summed E-state index contributed by atoms with van der Waals surface area (Å²) in [5.74, 6) is -0.385. The molecule has 1 aliphatic rings. The smallest absolute Gasteiger partial charge is 0.319 e. The first-order valence-electron chi connectivity index (χ1n) is 5.69. The van der Waals surface area contributed by atoms with Crippen LogP contribution in [0.25, 0.3) is 0 Å². The minimum absolute atomic E-state index is 0.0498. The number of nitrogens with zero attached hydrogens (tertiary/aromatic N) is 3. The standard InChI is InChI=1S/C10H12F2N4O3/c1-5-9(16(18)19)8(10(11)12)14-15(5)4-7(17)13-6-2-3-6/h6,10H,2-4H2,1H3,(H,13,17). The zero-order chi connectivity index (χ0) is 14.2. The fraction of sp³-hybridized carbons (Fsp3) is 0.600. The Morgan fingerprint density at radius 3 is 2.68 bits per heavy atom. The van der Waals surface area contributed by atoms with Gasteiger partial charge in [0, 0.05) is 6.04 Å². The molecule has 2 rings (SSSR count). The molecule has 0 bridgehead atoms. The quantitative estimate of drug-likeness (QED) is 0.647. The summed E-state index contributed by atoms with van der Waals surface area (Å²) < 4.78 is 26.3. The Morgan fingerprint density at radius 1 is 1.63 bits per heavy atom. The number of carbonyl (C=O) groups is 1. The van der Waals surface area contributed by atoms with E-state index in [1.807, 2.05) is 0 Å². The third-order valence-electron chi connectivity index (χ3n) is 2.83. The molecule has 0 unspecified atom stereocenters. The molecule has 0 spiro atoms. The second-order valence-corrected chi connectivity index (χ2v) is 4.38.